The molecule has 2 atom stereocenters. The molecule has 3 aromatic rings. The van der Waals surface area contributed by atoms with Crippen LogP contribution in [0.25, 0.3) is 4.85 Å². The molecule has 0 spiro atoms. The second-order valence-corrected chi connectivity index (χ2v) is 9.41. The van der Waals surface area contributed by atoms with Gasteiger partial charge in [-0.3, -0.25) is 4.90 Å². The second-order valence-electron chi connectivity index (χ2n) is 8.13. The molecule has 170 valence electrons. The minimum atomic E-state index is 0.0663. The van der Waals surface area contributed by atoms with Crippen LogP contribution in [-0.2, 0) is 11.3 Å². The van der Waals surface area contributed by atoms with Crippen molar-refractivity contribution < 1.29 is 4.74 Å². The molecule has 0 aromatic heterocycles. The molecule has 4 nitrogen and oxygen atoms in total. The van der Waals surface area contributed by atoms with Crippen molar-refractivity contribution in [2.45, 2.75) is 18.6 Å². The number of nitrogens with zero attached hydrogens (tertiary/aromatic N) is 3. The van der Waals surface area contributed by atoms with Gasteiger partial charge in [-0.05, 0) is 41.5 Å². The first-order valence-electron chi connectivity index (χ1n) is 10.6. The van der Waals surface area contributed by atoms with Crippen molar-refractivity contribution >= 4 is 46.2 Å². The van der Waals surface area contributed by atoms with Gasteiger partial charge in [-0.15, -0.1) is 0 Å². The minimum absolute atomic E-state index is 0.0663. The van der Waals surface area contributed by atoms with Gasteiger partial charge in [0.05, 0.1) is 36.0 Å². The summed E-state index contributed by atoms with van der Waals surface area (Å²) in [5.74, 6) is 0. The topological polar surface area (TPSA) is 20.1 Å². The van der Waals surface area contributed by atoms with Gasteiger partial charge in [-0.1, -0.05) is 71.2 Å². The Kier molecular flexibility index (Phi) is 7.80. The molecule has 3 aromatic carbocycles. The molecule has 0 aliphatic carbocycles. The van der Waals surface area contributed by atoms with Gasteiger partial charge in [-0.25, -0.2) is 4.85 Å². The monoisotopic (exact) mass is 499 g/mol. The molecule has 0 unspecified atom stereocenters. The number of hydrogen-bond acceptors (Lipinski definition) is 3. The van der Waals surface area contributed by atoms with E-state index in [1.807, 2.05) is 48.5 Å². The number of hydrogen-bond donors (Lipinski definition) is 0. The van der Waals surface area contributed by atoms with Crippen molar-refractivity contribution in [2.24, 2.45) is 0 Å². The molecule has 1 saturated heterocycles. The van der Waals surface area contributed by atoms with E-state index in [1.54, 1.807) is 13.2 Å². The number of ether oxygens (including phenoxy) is 1. The van der Waals surface area contributed by atoms with E-state index in [0.717, 1.165) is 36.4 Å². The standard InChI is InChI=1S/C26H24Cl3N3O/c1-30-22-10-3-18(4-11-22)14-31-16-26(19-5-7-20(27)8-6-19)32(15-23(31)17-33-2)25-12-9-21(28)13-24(25)29/h3-13,23,26H,14-17H2,2H3/t23-,26-/m1/s1. The third-order valence-corrected chi connectivity index (χ3v) is 6.78. The number of rotatable bonds is 6. The molecule has 0 bridgehead atoms. The van der Waals surface area contributed by atoms with Crippen LogP contribution in [0, 0.1) is 6.57 Å². The number of methoxy groups -OCH3 is 1. The van der Waals surface area contributed by atoms with Crippen LogP contribution in [0.2, 0.25) is 15.1 Å². The van der Waals surface area contributed by atoms with Gasteiger partial charge in [-0.2, -0.15) is 0 Å². The van der Waals surface area contributed by atoms with E-state index in [-0.39, 0.29) is 12.1 Å². The largest absolute Gasteiger partial charge is 0.383 e. The molecule has 1 aliphatic heterocycles. The van der Waals surface area contributed by atoms with Crippen molar-refractivity contribution in [3.63, 3.8) is 0 Å². The lowest BCUT2D eigenvalue weighted by atomic mass is 9.97. The molecular weight excluding hydrogens is 477 g/mol. The van der Waals surface area contributed by atoms with Crippen molar-refractivity contribution in [3.8, 4) is 0 Å². The first-order chi connectivity index (χ1) is 16.0. The van der Waals surface area contributed by atoms with E-state index in [1.165, 1.54) is 0 Å². The summed E-state index contributed by atoms with van der Waals surface area (Å²) >= 11 is 19.0. The quantitative estimate of drug-likeness (QED) is 0.332. The van der Waals surface area contributed by atoms with Crippen LogP contribution in [0.4, 0.5) is 11.4 Å². The van der Waals surface area contributed by atoms with Gasteiger partial charge in [0.1, 0.15) is 0 Å². The Morgan fingerprint density at radius 1 is 0.939 bits per heavy atom. The zero-order valence-electron chi connectivity index (χ0n) is 18.2. The maximum Gasteiger partial charge on any atom is 0.187 e. The normalized spacial score (nSPS) is 18.8. The average Bonchev–Trinajstić information content (AvgIpc) is 2.81. The van der Waals surface area contributed by atoms with Gasteiger partial charge >= 0.3 is 0 Å². The smallest absolute Gasteiger partial charge is 0.187 e. The third kappa shape index (κ3) is 5.63. The Bertz CT molecular complexity index is 1130. The lowest BCUT2D eigenvalue weighted by Crippen LogP contribution is -2.56. The lowest BCUT2D eigenvalue weighted by molar-refractivity contribution is 0.0644. The van der Waals surface area contributed by atoms with Crippen molar-refractivity contribution in [3.05, 3.63) is 104 Å². The van der Waals surface area contributed by atoms with E-state index in [9.17, 15) is 0 Å². The molecule has 7 heteroatoms. The predicted octanol–water partition coefficient (Wildman–Crippen LogP) is 7.28. The first kappa shape index (κ1) is 23.9. The Hall–Kier alpha value is -2.26. The fourth-order valence-corrected chi connectivity index (χ4v) is 4.99. The highest BCUT2D eigenvalue weighted by atomic mass is 35.5. The summed E-state index contributed by atoms with van der Waals surface area (Å²) in [4.78, 5) is 8.27. The zero-order valence-corrected chi connectivity index (χ0v) is 20.5. The molecular formula is C26H24Cl3N3O. The van der Waals surface area contributed by atoms with Crippen molar-refractivity contribution in [2.75, 3.05) is 31.7 Å². The summed E-state index contributed by atoms with van der Waals surface area (Å²) in [6.45, 7) is 10.1. The van der Waals surface area contributed by atoms with Crippen LogP contribution in [0.15, 0.2) is 66.7 Å². The molecule has 33 heavy (non-hydrogen) atoms. The maximum absolute atomic E-state index is 7.19. The Morgan fingerprint density at radius 3 is 2.27 bits per heavy atom. The maximum atomic E-state index is 7.19. The Labute approximate surface area is 210 Å². The number of benzene rings is 3. The summed E-state index contributed by atoms with van der Waals surface area (Å²) in [7, 11) is 1.73. The van der Waals surface area contributed by atoms with E-state index >= 15 is 0 Å². The zero-order chi connectivity index (χ0) is 23.4. The summed E-state index contributed by atoms with van der Waals surface area (Å²) in [5.41, 5.74) is 3.92. The second kappa shape index (κ2) is 10.8. The highest BCUT2D eigenvalue weighted by Gasteiger charge is 2.35. The summed E-state index contributed by atoms with van der Waals surface area (Å²) < 4.78 is 5.60. The molecule has 0 radical (unpaired) electrons. The van der Waals surface area contributed by atoms with Crippen molar-refractivity contribution in [1.29, 1.82) is 0 Å². The molecule has 0 N–H and O–H groups in total. The van der Waals surface area contributed by atoms with E-state index in [4.69, 9.17) is 46.1 Å². The lowest BCUT2D eigenvalue weighted by Gasteiger charge is -2.48. The van der Waals surface area contributed by atoms with Gasteiger partial charge in [0.25, 0.3) is 0 Å². The fourth-order valence-electron chi connectivity index (χ4n) is 4.34. The van der Waals surface area contributed by atoms with Crippen LogP contribution in [0.3, 0.4) is 0 Å². The van der Waals surface area contributed by atoms with E-state index in [2.05, 4.69) is 26.8 Å². The minimum Gasteiger partial charge on any atom is -0.383 e. The van der Waals surface area contributed by atoms with Crippen LogP contribution in [-0.4, -0.2) is 37.7 Å². The van der Waals surface area contributed by atoms with Gasteiger partial charge in [0.2, 0.25) is 0 Å². The predicted molar refractivity (Wildman–Crippen MR) is 137 cm³/mol. The van der Waals surface area contributed by atoms with Crippen LogP contribution in [0.1, 0.15) is 17.2 Å². The summed E-state index contributed by atoms with van der Waals surface area (Å²) in [5, 5.41) is 1.95. The van der Waals surface area contributed by atoms with Gasteiger partial charge < -0.3 is 9.64 Å². The first-order valence-corrected chi connectivity index (χ1v) is 11.8. The number of piperazine rings is 1. The Morgan fingerprint density at radius 2 is 1.64 bits per heavy atom. The summed E-state index contributed by atoms with van der Waals surface area (Å²) in [6, 6.07) is 21.6. The number of anilines is 1. The van der Waals surface area contributed by atoms with E-state index in [0.29, 0.717) is 27.4 Å². The van der Waals surface area contributed by atoms with Gasteiger partial charge in [0, 0.05) is 36.8 Å². The molecule has 1 fully saturated rings. The summed E-state index contributed by atoms with van der Waals surface area (Å²) in [6.07, 6.45) is 0. The highest BCUT2D eigenvalue weighted by molar-refractivity contribution is 6.36. The highest BCUT2D eigenvalue weighted by Crippen LogP contribution is 2.38. The van der Waals surface area contributed by atoms with Crippen LogP contribution in [0.5, 0.6) is 0 Å². The number of halogens is 3. The molecule has 1 aliphatic rings. The van der Waals surface area contributed by atoms with Crippen LogP contribution < -0.4 is 4.90 Å². The average molecular weight is 501 g/mol. The molecule has 0 amide bonds. The van der Waals surface area contributed by atoms with Crippen LogP contribution >= 0.6 is 34.8 Å². The molecule has 0 saturated carbocycles. The molecule has 4 rings (SSSR count). The SMILES string of the molecule is [C-]#[N+]c1ccc(CN2C[C@H](c3ccc(Cl)cc3)N(c3ccc(Cl)cc3Cl)C[C@@H]2COC)cc1. The molecule has 1 heterocycles. The van der Waals surface area contributed by atoms with Gasteiger partial charge in [0.15, 0.2) is 5.69 Å². The van der Waals surface area contributed by atoms with Crippen molar-refractivity contribution in [1.82, 2.24) is 4.90 Å². The Balaban J connectivity index is 1.69. The fraction of sp³-hybridized carbons (Fsp3) is 0.269. The third-order valence-electron chi connectivity index (χ3n) is 5.99. The van der Waals surface area contributed by atoms with E-state index < -0.39 is 0 Å².